The molecule has 1 aliphatic rings. The average molecular weight is 350 g/mol. The summed E-state index contributed by atoms with van der Waals surface area (Å²) in [5.74, 6) is -0.643. The number of hydrogen-bond donors (Lipinski definition) is 1. The van der Waals surface area contributed by atoms with Gasteiger partial charge in [-0.1, -0.05) is 28.1 Å². The predicted molar refractivity (Wildman–Crippen MR) is 73.9 cm³/mol. The van der Waals surface area contributed by atoms with Crippen molar-refractivity contribution in [1.82, 2.24) is 5.32 Å². The summed E-state index contributed by atoms with van der Waals surface area (Å²) in [5.41, 5.74) is -1.19. The summed E-state index contributed by atoms with van der Waals surface area (Å²) in [4.78, 5) is 12.5. The number of nitrogens with one attached hydrogen (secondary N) is 1. The minimum atomic E-state index is -4.51. The minimum absolute atomic E-state index is 0.0439. The highest BCUT2D eigenvalue weighted by Crippen LogP contribution is 2.32. The number of rotatable bonds is 2. The summed E-state index contributed by atoms with van der Waals surface area (Å²) in [6, 6.07) is 4.84. The first-order valence-electron chi connectivity index (χ1n) is 6.49. The number of carbonyl (C=O) groups excluding carboxylic acids is 1. The van der Waals surface area contributed by atoms with Crippen LogP contribution >= 0.6 is 15.9 Å². The average Bonchev–Trinajstić information content (AvgIpc) is 2.40. The molecule has 0 aromatic heterocycles. The van der Waals surface area contributed by atoms with Crippen LogP contribution in [0, 0.1) is 0 Å². The Morgan fingerprint density at radius 1 is 1.15 bits per heavy atom. The van der Waals surface area contributed by atoms with E-state index >= 15 is 0 Å². The van der Waals surface area contributed by atoms with E-state index in [2.05, 4.69) is 21.2 Å². The van der Waals surface area contributed by atoms with E-state index in [1.807, 2.05) is 0 Å². The predicted octanol–water partition coefficient (Wildman–Crippen LogP) is 4.14. The highest BCUT2D eigenvalue weighted by atomic mass is 79.9. The first kappa shape index (κ1) is 15.4. The van der Waals surface area contributed by atoms with E-state index in [0.717, 1.165) is 31.7 Å². The van der Waals surface area contributed by atoms with Crippen LogP contribution in [0.5, 0.6) is 0 Å². The maximum atomic E-state index is 12.9. The van der Waals surface area contributed by atoms with Gasteiger partial charge in [-0.2, -0.15) is 13.2 Å². The lowest BCUT2D eigenvalue weighted by atomic mass is 9.95. The zero-order valence-electron chi connectivity index (χ0n) is 10.7. The van der Waals surface area contributed by atoms with Gasteiger partial charge < -0.3 is 5.32 Å². The second-order valence-electron chi connectivity index (χ2n) is 4.97. The van der Waals surface area contributed by atoms with Crippen molar-refractivity contribution in [2.75, 3.05) is 0 Å². The molecule has 1 aromatic carbocycles. The van der Waals surface area contributed by atoms with Crippen LogP contribution in [-0.4, -0.2) is 16.8 Å². The maximum absolute atomic E-state index is 12.9. The van der Waals surface area contributed by atoms with Gasteiger partial charge in [-0.3, -0.25) is 4.79 Å². The van der Waals surface area contributed by atoms with Gasteiger partial charge in [0.2, 0.25) is 0 Å². The number of hydrogen-bond acceptors (Lipinski definition) is 1. The fraction of sp³-hybridized carbons (Fsp3) is 0.500. The van der Waals surface area contributed by atoms with E-state index in [4.69, 9.17) is 0 Å². The summed E-state index contributed by atoms with van der Waals surface area (Å²) in [6.07, 6.45) is -1.09. The molecule has 0 bridgehead atoms. The largest absolute Gasteiger partial charge is 0.417 e. The lowest BCUT2D eigenvalue weighted by Gasteiger charge is -2.26. The molecular weight excluding hydrogens is 335 g/mol. The topological polar surface area (TPSA) is 29.1 Å². The van der Waals surface area contributed by atoms with Crippen molar-refractivity contribution in [2.24, 2.45) is 0 Å². The fourth-order valence-corrected chi connectivity index (χ4v) is 2.92. The molecular formula is C14H15BrF3NO. The van der Waals surface area contributed by atoms with Gasteiger partial charge in [-0.25, -0.2) is 0 Å². The lowest BCUT2D eigenvalue weighted by molar-refractivity contribution is -0.137. The zero-order valence-corrected chi connectivity index (χ0v) is 12.3. The van der Waals surface area contributed by atoms with E-state index in [9.17, 15) is 18.0 Å². The third kappa shape index (κ3) is 3.75. The molecule has 0 saturated heterocycles. The molecule has 2 rings (SSSR count). The molecule has 1 aromatic rings. The summed E-state index contributed by atoms with van der Waals surface area (Å²) in [6.45, 7) is 0. The van der Waals surface area contributed by atoms with Gasteiger partial charge >= 0.3 is 6.18 Å². The maximum Gasteiger partial charge on any atom is 0.417 e. The molecule has 0 aliphatic heterocycles. The smallest absolute Gasteiger partial charge is 0.349 e. The highest BCUT2D eigenvalue weighted by molar-refractivity contribution is 9.09. The summed E-state index contributed by atoms with van der Waals surface area (Å²) in [5, 5.41) is 2.71. The van der Waals surface area contributed by atoms with E-state index in [1.54, 1.807) is 0 Å². The molecule has 1 fully saturated rings. The van der Waals surface area contributed by atoms with Crippen LogP contribution in [0.25, 0.3) is 0 Å². The van der Waals surface area contributed by atoms with Crippen molar-refractivity contribution in [2.45, 2.75) is 42.7 Å². The molecule has 0 spiro atoms. The van der Waals surface area contributed by atoms with Crippen molar-refractivity contribution >= 4 is 21.8 Å². The van der Waals surface area contributed by atoms with Crippen LogP contribution in [-0.2, 0) is 6.18 Å². The first-order valence-corrected chi connectivity index (χ1v) is 7.40. The third-order valence-electron chi connectivity index (χ3n) is 3.47. The number of amides is 1. The van der Waals surface area contributed by atoms with Gasteiger partial charge in [0.15, 0.2) is 0 Å². The molecule has 6 heteroatoms. The Bertz CT molecular complexity index is 482. The second kappa shape index (κ2) is 6.16. The highest BCUT2D eigenvalue weighted by Gasteiger charge is 2.35. The second-order valence-corrected chi connectivity index (χ2v) is 6.26. The number of alkyl halides is 4. The molecule has 20 heavy (non-hydrogen) atoms. The Hall–Kier alpha value is -1.04. The Morgan fingerprint density at radius 2 is 1.75 bits per heavy atom. The summed E-state index contributed by atoms with van der Waals surface area (Å²) < 4.78 is 38.6. The van der Waals surface area contributed by atoms with Crippen molar-refractivity contribution in [3.8, 4) is 0 Å². The molecule has 0 radical (unpaired) electrons. The molecule has 1 aliphatic carbocycles. The van der Waals surface area contributed by atoms with Crippen molar-refractivity contribution in [3.63, 3.8) is 0 Å². The Labute approximate surface area is 123 Å². The molecule has 110 valence electrons. The van der Waals surface area contributed by atoms with Gasteiger partial charge in [-0.15, -0.1) is 0 Å². The molecule has 1 amide bonds. The molecule has 1 saturated carbocycles. The molecule has 1 N–H and O–H groups in total. The van der Waals surface area contributed by atoms with Crippen LogP contribution in [0.15, 0.2) is 24.3 Å². The van der Waals surface area contributed by atoms with Gasteiger partial charge in [-0.05, 0) is 37.8 Å². The monoisotopic (exact) mass is 349 g/mol. The fourth-order valence-electron chi connectivity index (χ4n) is 2.39. The quantitative estimate of drug-likeness (QED) is 0.798. The number of carbonyl (C=O) groups is 1. The standard InChI is InChI=1S/C14H15BrF3NO/c15-9-5-7-10(8-6-9)19-13(20)11-3-1-2-4-12(11)14(16,17)18/h1-4,9-10H,5-8H2,(H,19,20). The zero-order chi connectivity index (χ0) is 14.8. The van der Waals surface area contributed by atoms with Gasteiger partial charge in [0, 0.05) is 10.9 Å². The Morgan fingerprint density at radius 3 is 2.35 bits per heavy atom. The molecule has 0 heterocycles. The van der Waals surface area contributed by atoms with Crippen LogP contribution < -0.4 is 5.32 Å². The van der Waals surface area contributed by atoms with E-state index in [1.165, 1.54) is 18.2 Å². The van der Waals surface area contributed by atoms with Crippen LogP contribution in [0.2, 0.25) is 0 Å². The van der Waals surface area contributed by atoms with Gasteiger partial charge in [0.1, 0.15) is 0 Å². The van der Waals surface area contributed by atoms with E-state index in [0.29, 0.717) is 4.83 Å². The Balaban J connectivity index is 2.10. The van der Waals surface area contributed by atoms with Crippen LogP contribution in [0.3, 0.4) is 0 Å². The minimum Gasteiger partial charge on any atom is -0.349 e. The van der Waals surface area contributed by atoms with Gasteiger partial charge in [0.25, 0.3) is 5.91 Å². The van der Waals surface area contributed by atoms with Crippen LogP contribution in [0.4, 0.5) is 13.2 Å². The first-order chi connectivity index (χ1) is 9.38. The summed E-state index contributed by atoms with van der Waals surface area (Å²) in [7, 11) is 0. The molecule has 2 nitrogen and oxygen atoms in total. The lowest BCUT2D eigenvalue weighted by Crippen LogP contribution is -2.38. The molecule has 0 unspecified atom stereocenters. The SMILES string of the molecule is O=C(NC1CCC(Br)CC1)c1ccccc1C(F)(F)F. The summed E-state index contributed by atoms with van der Waals surface area (Å²) >= 11 is 3.50. The Kier molecular flexibility index (Phi) is 4.73. The van der Waals surface area contributed by atoms with Crippen LogP contribution in [0.1, 0.15) is 41.6 Å². The van der Waals surface area contributed by atoms with Crippen molar-refractivity contribution in [1.29, 1.82) is 0 Å². The number of benzene rings is 1. The van der Waals surface area contributed by atoms with E-state index in [-0.39, 0.29) is 11.6 Å². The molecule has 0 atom stereocenters. The van der Waals surface area contributed by atoms with Crippen molar-refractivity contribution in [3.05, 3.63) is 35.4 Å². The van der Waals surface area contributed by atoms with Gasteiger partial charge in [0.05, 0.1) is 11.1 Å². The number of halogens is 4. The van der Waals surface area contributed by atoms with Crippen molar-refractivity contribution < 1.29 is 18.0 Å². The van der Waals surface area contributed by atoms with E-state index < -0.39 is 17.6 Å². The third-order valence-corrected chi connectivity index (χ3v) is 4.38. The normalized spacial score (nSPS) is 23.4.